The lowest BCUT2D eigenvalue weighted by Gasteiger charge is -2.51. The van der Waals surface area contributed by atoms with Gasteiger partial charge in [0.25, 0.3) is 21.8 Å². The highest BCUT2D eigenvalue weighted by molar-refractivity contribution is 7.90. The van der Waals surface area contributed by atoms with Gasteiger partial charge < -0.3 is 29.9 Å². The van der Waals surface area contributed by atoms with E-state index in [1.807, 2.05) is 17.1 Å². The summed E-state index contributed by atoms with van der Waals surface area (Å²) in [6.07, 6.45) is 27.1. The summed E-state index contributed by atoms with van der Waals surface area (Å²) < 4.78 is 124. The number of aromatic nitrogens is 8. The number of benzene rings is 5. The highest BCUT2D eigenvalue weighted by atomic mass is 32.2. The van der Waals surface area contributed by atoms with Crippen LogP contribution in [0.4, 0.5) is 36.7 Å². The molecule has 8 heterocycles. The Morgan fingerprint density at radius 1 is 0.419 bits per heavy atom. The largest absolute Gasteiger partial charge is 0.440 e. The maximum Gasteiger partial charge on any atom is 0.410 e. The van der Waals surface area contributed by atoms with Gasteiger partial charge in [0.2, 0.25) is 21.8 Å². The fourth-order valence-electron chi connectivity index (χ4n) is 21.8. The van der Waals surface area contributed by atoms with Gasteiger partial charge >= 0.3 is 24.2 Å². The van der Waals surface area contributed by atoms with E-state index in [2.05, 4.69) is 98.4 Å². The molecule has 4 spiro atoms. The number of hydrogen-bond donors (Lipinski definition) is 6. The molecule has 0 unspecified atom stereocenters. The minimum Gasteiger partial charge on any atom is -0.440 e. The number of imide groups is 2. The first kappa shape index (κ1) is 86.6. The second kappa shape index (κ2) is 32.3. The number of sulfonamides is 2. The third-order valence-electron chi connectivity index (χ3n) is 28.7. The van der Waals surface area contributed by atoms with E-state index in [4.69, 9.17) is 9.47 Å². The Labute approximate surface area is 740 Å². The number of amides is 10. The zero-order valence-corrected chi connectivity index (χ0v) is 72.9. The van der Waals surface area contributed by atoms with E-state index in [9.17, 15) is 72.8 Å². The summed E-state index contributed by atoms with van der Waals surface area (Å²) in [6.45, 7) is 9.09. The standard InChI is InChI=1S/C29H29FN4O5S.C24H27FN4O5S.2C20H19FN4O2/c1-28-17-20-18-31-34(23-11-9-22(30)10-12-23)25(20)16-21(28)6-5-14-29(28)19-33(27(36)39-29)15-13-26(35)32-40(37,38)24-7-3-2-4-8-24;1-23-13-16-14-26-29(19-7-5-18(25)6-8-19)20(16)12-17(23)4-3-10-24(23)15-28(22(31)34-24)11-9-21(30)27-35(2,32)33;2*1-19-10-12-11-22-25(15-6-4-14(21)5-7-15)16(12)9-13(19)3-2-8-20(19)17(26)23-18(27)24-20/h2-4,7-12,16,18H,5-6,13-15,17,19H2,1H3,(H,32,35);5-8,12,14H,3-4,9-11,13,15H2,1-2H3,(H,27,30);2*4-7,9,11H,2-3,8,10H2,1H3,(H2,23,24,26,27)/t28-,29+;23-,24+;19-,20+;19-,20-/m0000/s1. The molecular formula is C93H94F4N16O14S2. The highest BCUT2D eigenvalue weighted by Crippen LogP contribution is 2.61. The number of rotatable bonds is 13. The summed E-state index contributed by atoms with van der Waals surface area (Å²) >= 11 is 0. The van der Waals surface area contributed by atoms with Gasteiger partial charge in [-0.05, 0) is 258 Å². The Morgan fingerprint density at radius 2 is 0.721 bits per heavy atom. The van der Waals surface area contributed by atoms with E-state index in [1.165, 1.54) is 76.0 Å². The quantitative estimate of drug-likeness (QED) is 0.0461. The fourth-order valence-corrected chi connectivity index (χ4v) is 23.3. The zero-order chi connectivity index (χ0) is 90.8. The number of hydrogen-bond acceptors (Lipinski definition) is 18. The van der Waals surface area contributed by atoms with Crippen LogP contribution in [0.2, 0.25) is 0 Å². The van der Waals surface area contributed by atoms with Gasteiger partial charge in [0.05, 0.1) is 94.6 Å². The van der Waals surface area contributed by atoms with Crippen molar-refractivity contribution in [1.29, 1.82) is 0 Å². The van der Waals surface area contributed by atoms with Crippen molar-refractivity contribution in [2.75, 3.05) is 32.4 Å². The van der Waals surface area contributed by atoms with Crippen LogP contribution in [0.15, 0.2) is 179 Å². The smallest absolute Gasteiger partial charge is 0.410 e. The predicted molar refractivity (Wildman–Crippen MR) is 463 cm³/mol. The van der Waals surface area contributed by atoms with Crippen molar-refractivity contribution in [1.82, 2.24) is 79.6 Å². The maximum atomic E-state index is 13.5. The monoisotopic (exact) mass is 1800 g/mol. The Balaban J connectivity index is 0.000000117. The SMILES string of the molecule is C[C@]12Cc3cnn(-c4ccc(F)cc4)c3C=C1CCC[C@@]21CN(CCC(=O)NS(=O)(=O)c2ccccc2)C(=O)O1.C[C@]12Cc3cnn(-c4ccc(F)cc4)c3C=C1CCC[C@@]21CN(CCC(=O)NS(C)(=O)=O)C(=O)O1.C[C@]12Cc3cnn(-c4ccc(F)cc4)c3C=C1CCC[C@@]21NC(=O)NC1=O.C[C@]12Cc3cnn(-c4ccc(F)cc4)c3C=C1CCC[C@]21NC(=O)NC1=O. The topological polar surface area (TPSA) is 373 Å². The van der Waals surface area contributed by atoms with Crippen molar-refractivity contribution in [2.45, 2.75) is 170 Å². The number of halogens is 4. The van der Waals surface area contributed by atoms with E-state index >= 15 is 0 Å². The molecule has 8 atom stereocenters. The minimum absolute atomic E-state index is 0.00301. The fraction of sp³-hybridized carbons (Fsp3) is 0.376. The van der Waals surface area contributed by atoms with Crippen molar-refractivity contribution in [3.63, 3.8) is 0 Å². The van der Waals surface area contributed by atoms with Crippen LogP contribution in [0.5, 0.6) is 0 Å². The molecule has 670 valence electrons. The molecule has 0 radical (unpaired) electrons. The molecule has 36 heteroatoms. The van der Waals surface area contributed by atoms with E-state index in [0.717, 1.165) is 142 Å². The van der Waals surface area contributed by atoms with Crippen LogP contribution in [0.25, 0.3) is 47.1 Å². The van der Waals surface area contributed by atoms with Crippen molar-refractivity contribution < 1.29 is 82.2 Å². The van der Waals surface area contributed by atoms with E-state index in [1.54, 1.807) is 97.9 Å². The van der Waals surface area contributed by atoms with Crippen molar-refractivity contribution in [2.24, 2.45) is 21.7 Å². The Hall–Kier alpha value is -13.1. The van der Waals surface area contributed by atoms with Crippen LogP contribution in [-0.2, 0) is 74.4 Å². The second-order valence-electron chi connectivity index (χ2n) is 36.2. The van der Waals surface area contributed by atoms with Crippen molar-refractivity contribution in [3.8, 4) is 22.7 Å². The molecule has 8 fully saturated rings. The molecule has 8 aliphatic carbocycles. The highest BCUT2D eigenvalue weighted by Gasteiger charge is 2.66. The van der Waals surface area contributed by atoms with E-state index in [0.29, 0.717) is 64.5 Å². The lowest BCUT2D eigenvalue weighted by Crippen LogP contribution is -2.62. The van der Waals surface area contributed by atoms with Crippen LogP contribution in [0, 0.1) is 44.9 Å². The molecule has 4 aliphatic heterocycles. The summed E-state index contributed by atoms with van der Waals surface area (Å²) in [5, 5.41) is 28.8. The molecule has 6 N–H and O–H groups in total. The van der Waals surface area contributed by atoms with Crippen LogP contribution < -0.4 is 30.7 Å². The molecule has 30 nitrogen and oxygen atoms in total. The average Bonchev–Trinajstić information content (AvgIpc) is 1.62. The Kier molecular flexibility index (Phi) is 21.7. The number of carbonyl (C=O) groups excluding carboxylic acids is 8. The van der Waals surface area contributed by atoms with Gasteiger partial charge in [-0.1, -0.05) is 68.2 Å². The normalized spacial score (nSPS) is 26.5. The average molecular weight is 1800 g/mol. The van der Waals surface area contributed by atoms with Gasteiger partial charge in [0, 0.05) is 47.6 Å². The minimum atomic E-state index is -3.99. The summed E-state index contributed by atoms with van der Waals surface area (Å²) in [4.78, 5) is 103. The lowest BCUT2D eigenvalue weighted by molar-refractivity contribution is -0.129. The van der Waals surface area contributed by atoms with Crippen LogP contribution in [-0.4, -0.2) is 168 Å². The van der Waals surface area contributed by atoms with Crippen LogP contribution in [0.3, 0.4) is 0 Å². The van der Waals surface area contributed by atoms with Crippen molar-refractivity contribution >= 4 is 92.2 Å². The van der Waals surface area contributed by atoms with Gasteiger partial charge in [0.1, 0.15) is 45.5 Å². The first-order valence-electron chi connectivity index (χ1n) is 43.0. The Morgan fingerprint density at radius 3 is 1.03 bits per heavy atom. The molecule has 4 aromatic heterocycles. The van der Waals surface area contributed by atoms with Crippen LogP contribution >= 0.6 is 0 Å². The number of nitrogens with one attached hydrogen (secondary N) is 6. The van der Waals surface area contributed by atoms with Gasteiger partial charge in [0.15, 0.2) is 0 Å². The number of carbonyl (C=O) groups is 8. The van der Waals surface area contributed by atoms with Gasteiger partial charge in [-0.2, -0.15) is 20.4 Å². The van der Waals surface area contributed by atoms with E-state index in [-0.39, 0.29) is 65.9 Å². The van der Waals surface area contributed by atoms with Gasteiger partial charge in [-0.15, -0.1) is 0 Å². The molecule has 12 aliphatic rings. The van der Waals surface area contributed by atoms with Gasteiger partial charge in [-0.3, -0.25) is 34.5 Å². The summed E-state index contributed by atoms with van der Waals surface area (Å²) in [5.41, 5.74) is 10.3. The molecule has 21 rings (SSSR count). The zero-order valence-electron chi connectivity index (χ0n) is 71.3. The first-order valence-corrected chi connectivity index (χ1v) is 46.3. The molecule has 0 bridgehead atoms. The van der Waals surface area contributed by atoms with Crippen molar-refractivity contribution in [3.05, 3.63) is 243 Å². The summed E-state index contributed by atoms with van der Waals surface area (Å²) in [6, 6.07) is 31.6. The lowest BCUT2D eigenvalue weighted by atomic mass is 9.55. The summed E-state index contributed by atoms with van der Waals surface area (Å²) in [5.74, 6) is -3.03. The second-order valence-corrected chi connectivity index (χ2v) is 39.7. The number of ether oxygens (including phenoxy) is 2. The maximum absolute atomic E-state index is 13.5. The third kappa shape index (κ3) is 15.1. The number of urea groups is 2. The summed E-state index contributed by atoms with van der Waals surface area (Å²) in [7, 11) is -7.64. The number of fused-ring (bicyclic) bond motifs is 12. The molecular weight excluding hydrogens is 1710 g/mol. The molecule has 9 aromatic rings. The molecule has 4 saturated carbocycles. The molecule has 10 amide bonds. The Bertz CT molecular complexity index is 6350. The van der Waals surface area contributed by atoms with Crippen LogP contribution in [0.1, 0.15) is 163 Å². The first-order chi connectivity index (χ1) is 61.5. The third-order valence-corrected chi connectivity index (χ3v) is 30.7. The molecule has 4 saturated heterocycles. The predicted octanol–water partition coefficient (Wildman–Crippen LogP) is 12.5. The van der Waals surface area contributed by atoms with Gasteiger partial charge in [-0.25, -0.2) is 77.0 Å². The van der Waals surface area contributed by atoms with E-state index < -0.39 is 100 Å². The molecule has 5 aromatic carbocycles. The molecule has 129 heavy (non-hydrogen) atoms. The number of nitrogens with zero attached hydrogens (tertiary/aromatic N) is 10.